The highest BCUT2D eigenvalue weighted by Crippen LogP contribution is 2.29. The monoisotopic (exact) mass is 347 g/mol. The predicted molar refractivity (Wildman–Crippen MR) is 94.7 cm³/mol. The quantitative estimate of drug-likeness (QED) is 0.190. The molecule has 0 spiro atoms. The zero-order valence-electron chi connectivity index (χ0n) is 14.6. The lowest BCUT2D eigenvalue weighted by Crippen LogP contribution is -2.16. The SMILES string of the molecule is COc1ccc(N2C[C@H]2C(=O)OCCC/C=C\CCCOC=O)cc1. The van der Waals surface area contributed by atoms with E-state index in [1.54, 1.807) is 7.11 Å². The van der Waals surface area contributed by atoms with Crippen molar-refractivity contribution in [2.45, 2.75) is 31.7 Å². The molecule has 0 radical (unpaired) electrons. The molecule has 0 amide bonds. The number of nitrogens with zero attached hydrogens (tertiary/aromatic N) is 1. The molecule has 1 atom stereocenters. The molecule has 1 aromatic carbocycles. The molecular formula is C19H25NO5. The first kappa shape index (κ1) is 18.8. The fourth-order valence-electron chi connectivity index (χ4n) is 2.44. The second-order valence-corrected chi connectivity index (χ2v) is 5.76. The molecule has 0 aromatic heterocycles. The van der Waals surface area contributed by atoms with E-state index in [1.165, 1.54) is 0 Å². The fourth-order valence-corrected chi connectivity index (χ4v) is 2.44. The minimum atomic E-state index is -0.165. The standard InChI is InChI=1S/C19H25NO5/c1-23-17-10-8-16(9-11-17)20-14-18(20)19(22)25-13-7-5-3-2-4-6-12-24-15-21/h2-3,8-11,15,18H,4-7,12-14H2,1H3/b3-2-/t18-,20?/m0/s1. The average molecular weight is 347 g/mol. The Bertz CT molecular complexity index is 570. The first-order valence-corrected chi connectivity index (χ1v) is 8.54. The van der Waals surface area contributed by atoms with E-state index < -0.39 is 0 Å². The molecule has 1 aromatic rings. The summed E-state index contributed by atoms with van der Waals surface area (Å²) in [4.78, 5) is 24.0. The number of carbonyl (C=O) groups is 2. The Morgan fingerprint density at radius 2 is 1.84 bits per heavy atom. The second-order valence-electron chi connectivity index (χ2n) is 5.76. The summed E-state index contributed by atoms with van der Waals surface area (Å²) in [5.74, 6) is 0.639. The Labute approximate surface area is 148 Å². The van der Waals surface area contributed by atoms with Crippen molar-refractivity contribution in [1.82, 2.24) is 0 Å². The van der Waals surface area contributed by atoms with Crippen molar-refractivity contribution in [3.05, 3.63) is 36.4 Å². The molecule has 1 saturated heterocycles. The van der Waals surface area contributed by atoms with E-state index in [2.05, 4.69) is 16.9 Å². The molecule has 6 heteroatoms. The van der Waals surface area contributed by atoms with Crippen molar-refractivity contribution in [2.75, 3.05) is 31.8 Å². The van der Waals surface area contributed by atoms with Crippen LogP contribution in [0.2, 0.25) is 0 Å². The Hall–Kier alpha value is -2.50. The van der Waals surface area contributed by atoms with Crippen LogP contribution in [0.4, 0.5) is 5.69 Å². The van der Waals surface area contributed by atoms with Gasteiger partial charge >= 0.3 is 5.97 Å². The zero-order chi connectivity index (χ0) is 17.9. The van der Waals surface area contributed by atoms with Gasteiger partial charge in [0, 0.05) is 5.69 Å². The number of hydrogen-bond acceptors (Lipinski definition) is 6. The number of unbranched alkanes of at least 4 members (excludes halogenated alkanes) is 2. The number of benzene rings is 1. The number of methoxy groups -OCH3 is 1. The molecule has 0 N–H and O–H groups in total. The molecule has 0 unspecified atom stereocenters. The Morgan fingerprint density at radius 3 is 2.48 bits per heavy atom. The Kier molecular flexibility index (Phi) is 7.82. The molecule has 25 heavy (non-hydrogen) atoms. The maximum Gasteiger partial charge on any atom is 0.330 e. The molecule has 2 rings (SSSR count). The molecule has 1 fully saturated rings. The first-order chi connectivity index (χ1) is 12.3. The summed E-state index contributed by atoms with van der Waals surface area (Å²) in [6.07, 6.45) is 7.51. The van der Waals surface area contributed by atoms with Crippen molar-refractivity contribution < 1.29 is 23.8 Å². The van der Waals surface area contributed by atoms with Gasteiger partial charge in [-0.15, -0.1) is 0 Å². The lowest BCUT2D eigenvalue weighted by atomic mass is 10.2. The smallest absolute Gasteiger partial charge is 0.330 e. The average Bonchev–Trinajstić information content (AvgIpc) is 3.44. The van der Waals surface area contributed by atoms with Gasteiger partial charge in [-0.25, -0.2) is 4.79 Å². The third kappa shape index (κ3) is 6.49. The number of carbonyl (C=O) groups excluding carboxylic acids is 2. The molecule has 0 bridgehead atoms. The molecule has 136 valence electrons. The zero-order valence-corrected chi connectivity index (χ0v) is 14.6. The number of esters is 1. The van der Waals surface area contributed by atoms with Crippen LogP contribution in [0, 0.1) is 0 Å². The Balaban J connectivity index is 1.54. The highest BCUT2D eigenvalue weighted by Gasteiger charge is 2.41. The lowest BCUT2D eigenvalue weighted by molar-refractivity contribution is -0.142. The van der Waals surface area contributed by atoms with Crippen molar-refractivity contribution in [1.29, 1.82) is 0 Å². The van der Waals surface area contributed by atoms with Gasteiger partial charge in [-0.1, -0.05) is 12.2 Å². The maximum absolute atomic E-state index is 12.0. The van der Waals surface area contributed by atoms with Gasteiger partial charge in [0.15, 0.2) is 0 Å². The van der Waals surface area contributed by atoms with E-state index in [4.69, 9.17) is 9.47 Å². The van der Waals surface area contributed by atoms with Crippen molar-refractivity contribution >= 4 is 18.1 Å². The number of ether oxygens (including phenoxy) is 3. The summed E-state index contributed by atoms with van der Waals surface area (Å²) in [5, 5.41) is 0. The van der Waals surface area contributed by atoms with E-state index in [0.717, 1.165) is 37.1 Å². The van der Waals surface area contributed by atoms with Crippen molar-refractivity contribution in [3.63, 3.8) is 0 Å². The molecular weight excluding hydrogens is 322 g/mol. The van der Waals surface area contributed by atoms with Crippen LogP contribution in [0.3, 0.4) is 0 Å². The molecule has 1 aliphatic heterocycles. The summed E-state index contributed by atoms with van der Waals surface area (Å²) >= 11 is 0. The van der Waals surface area contributed by atoms with Gasteiger partial charge in [-0.05, 0) is 49.9 Å². The summed E-state index contributed by atoms with van der Waals surface area (Å²) < 4.78 is 15.1. The van der Waals surface area contributed by atoms with E-state index >= 15 is 0 Å². The van der Waals surface area contributed by atoms with Crippen LogP contribution in [0.1, 0.15) is 25.7 Å². The molecule has 1 heterocycles. The van der Waals surface area contributed by atoms with E-state index in [-0.39, 0.29) is 12.0 Å². The van der Waals surface area contributed by atoms with Crippen LogP contribution in [0.5, 0.6) is 5.75 Å². The van der Waals surface area contributed by atoms with Gasteiger partial charge in [-0.3, -0.25) is 4.79 Å². The largest absolute Gasteiger partial charge is 0.497 e. The third-order valence-electron chi connectivity index (χ3n) is 3.92. The van der Waals surface area contributed by atoms with Crippen LogP contribution in [-0.4, -0.2) is 45.4 Å². The van der Waals surface area contributed by atoms with Crippen LogP contribution >= 0.6 is 0 Å². The normalized spacial score (nSPS) is 15.9. The Morgan fingerprint density at radius 1 is 1.16 bits per heavy atom. The van der Waals surface area contributed by atoms with Gasteiger partial charge in [0.05, 0.1) is 26.9 Å². The third-order valence-corrected chi connectivity index (χ3v) is 3.92. The van der Waals surface area contributed by atoms with Crippen LogP contribution < -0.4 is 9.64 Å². The maximum atomic E-state index is 12.0. The van der Waals surface area contributed by atoms with Gasteiger partial charge in [0.25, 0.3) is 6.47 Å². The van der Waals surface area contributed by atoms with E-state index in [1.807, 2.05) is 29.2 Å². The number of hydrogen-bond donors (Lipinski definition) is 0. The van der Waals surface area contributed by atoms with Crippen molar-refractivity contribution in [3.8, 4) is 5.75 Å². The van der Waals surface area contributed by atoms with E-state index in [9.17, 15) is 9.59 Å². The second kappa shape index (κ2) is 10.4. The summed E-state index contributed by atoms with van der Waals surface area (Å²) in [6.45, 7) is 2.06. The number of rotatable bonds is 12. The minimum absolute atomic E-state index is 0.161. The van der Waals surface area contributed by atoms with Gasteiger partial charge in [-0.2, -0.15) is 0 Å². The summed E-state index contributed by atoms with van der Waals surface area (Å²) in [7, 11) is 1.63. The fraction of sp³-hybridized carbons (Fsp3) is 0.474. The molecule has 6 nitrogen and oxygen atoms in total. The van der Waals surface area contributed by atoms with Gasteiger partial charge < -0.3 is 19.1 Å². The lowest BCUT2D eigenvalue weighted by Gasteiger charge is -2.07. The van der Waals surface area contributed by atoms with Gasteiger partial charge in [0.2, 0.25) is 0 Å². The molecule has 1 aliphatic rings. The highest BCUT2D eigenvalue weighted by molar-refractivity contribution is 5.86. The highest BCUT2D eigenvalue weighted by atomic mass is 16.5. The van der Waals surface area contributed by atoms with Gasteiger partial charge in [0.1, 0.15) is 11.8 Å². The van der Waals surface area contributed by atoms with Crippen LogP contribution in [-0.2, 0) is 19.1 Å². The van der Waals surface area contributed by atoms with Crippen LogP contribution in [0.15, 0.2) is 36.4 Å². The topological polar surface area (TPSA) is 64.8 Å². The number of anilines is 1. The summed E-state index contributed by atoms with van der Waals surface area (Å²) in [6, 6.07) is 7.48. The minimum Gasteiger partial charge on any atom is -0.497 e. The first-order valence-electron chi connectivity index (χ1n) is 8.54. The molecule has 0 saturated carbocycles. The van der Waals surface area contributed by atoms with Crippen LogP contribution in [0.25, 0.3) is 0 Å². The number of allylic oxidation sites excluding steroid dienone is 2. The summed E-state index contributed by atoms with van der Waals surface area (Å²) in [5.41, 5.74) is 1.00. The molecule has 0 aliphatic carbocycles. The van der Waals surface area contributed by atoms with Crippen molar-refractivity contribution in [2.24, 2.45) is 0 Å². The van der Waals surface area contributed by atoms with E-state index in [0.29, 0.717) is 26.2 Å². The predicted octanol–water partition coefficient (Wildman–Crippen LogP) is 2.72.